The number of nitriles is 1. The zero-order valence-electron chi connectivity index (χ0n) is 9.30. The molecular weight excluding hydrogens is 216 g/mol. The van der Waals surface area contributed by atoms with Gasteiger partial charge in [-0.15, -0.1) is 0 Å². The molecule has 0 unspecified atom stereocenters. The van der Waals surface area contributed by atoms with E-state index in [0.29, 0.717) is 11.8 Å². The Morgan fingerprint density at radius 3 is 2.35 bits per heavy atom. The van der Waals surface area contributed by atoms with E-state index in [9.17, 15) is 15.4 Å². The SMILES string of the molecule is N#C[C@@]1(c2ccc([N+](=O)[O-])cc2)[C@@H]2CCC[C@@H]21. The summed E-state index contributed by atoms with van der Waals surface area (Å²) in [6.45, 7) is 0. The third kappa shape index (κ3) is 1.22. The van der Waals surface area contributed by atoms with Gasteiger partial charge in [0.2, 0.25) is 0 Å². The minimum absolute atomic E-state index is 0.0904. The Bertz CT molecular complexity index is 505. The summed E-state index contributed by atoms with van der Waals surface area (Å²) in [4.78, 5) is 10.2. The van der Waals surface area contributed by atoms with Crippen molar-refractivity contribution in [2.24, 2.45) is 11.8 Å². The van der Waals surface area contributed by atoms with Gasteiger partial charge < -0.3 is 0 Å². The van der Waals surface area contributed by atoms with Gasteiger partial charge in [0, 0.05) is 12.1 Å². The topological polar surface area (TPSA) is 66.9 Å². The fourth-order valence-corrected chi connectivity index (χ4v) is 3.47. The summed E-state index contributed by atoms with van der Waals surface area (Å²) in [6, 6.07) is 8.95. The van der Waals surface area contributed by atoms with Gasteiger partial charge in [0.05, 0.1) is 16.4 Å². The van der Waals surface area contributed by atoms with Crippen LogP contribution in [-0.2, 0) is 5.41 Å². The number of hydrogen-bond donors (Lipinski definition) is 0. The van der Waals surface area contributed by atoms with Gasteiger partial charge in [-0.2, -0.15) is 5.26 Å². The molecular formula is C13H12N2O2. The first-order valence-electron chi connectivity index (χ1n) is 5.86. The maximum Gasteiger partial charge on any atom is 0.269 e. The molecule has 2 saturated carbocycles. The molecule has 0 aliphatic heterocycles. The lowest BCUT2D eigenvalue weighted by molar-refractivity contribution is -0.384. The van der Waals surface area contributed by atoms with Gasteiger partial charge >= 0.3 is 0 Å². The van der Waals surface area contributed by atoms with Crippen LogP contribution in [0.5, 0.6) is 0 Å². The summed E-state index contributed by atoms with van der Waals surface area (Å²) in [5.74, 6) is 0.961. The Labute approximate surface area is 99.0 Å². The van der Waals surface area contributed by atoms with Crippen molar-refractivity contribution in [3.05, 3.63) is 39.9 Å². The van der Waals surface area contributed by atoms with Crippen LogP contribution in [-0.4, -0.2) is 4.92 Å². The largest absolute Gasteiger partial charge is 0.269 e. The first-order valence-corrected chi connectivity index (χ1v) is 5.86. The summed E-state index contributed by atoms with van der Waals surface area (Å²) in [7, 11) is 0. The molecule has 4 nitrogen and oxygen atoms in total. The molecule has 3 atom stereocenters. The minimum Gasteiger partial charge on any atom is -0.258 e. The van der Waals surface area contributed by atoms with E-state index in [1.165, 1.54) is 18.6 Å². The zero-order chi connectivity index (χ0) is 12.0. The Hall–Kier alpha value is -1.89. The molecule has 0 bridgehead atoms. The average Bonchev–Trinajstić information content (AvgIpc) is 2.72. The molecule has 17 heavy (non-hydrogen) atoms. The molecule has 1 aromatic rings. The summed E-state index contributed by atoms with van der Waals surface area (Å²) >= 11 is 0. The molecule has 3 rings (SSSR count). The summed E-state index contributed by atoms with van der Waals surface area (Å²) in [6.07, 6.45) is 3.45. The molecule has 0 aromatic heterocycles. The molecule has 0 heterocycles. The Morgan fingerprint density at radius 1 is 1.29 bits per heavy atom. The van der Waals surface area contributed by atoms with E-state index >= 15 is 0 Å². The van der Waals surface area contributed by atoms with Gasteiger partial charge in [-0.1, -0.05) is 18.6 Å². The van der Waals surface area contributed by atoms with Crippen molar-refractivity contribution in [3.8, 4) is 6.07 Å². The van der Waals surface area contributed by atoms with Crippen LogP contribution < -0.4 is 0 Å². The summed E-state index contributed by atoms with van der Waals surface area (Å²) in [5, 5.41) is 20.0. The van der Waals surface area contributed by atoms with Crippen molar-refractivity contribution in [1.29, 1.82) is 5.26 Å². The molecule has 0 saturated heterocycles. The van der Waals surface area contributed by atoms with Crippen LogP contribution in [0.15, 0.2) is 24.3 Å². The molecule has 2 aliphatic rings. The Morgan fingerprint density at radius 2 is 1.88 bits per heavy atom. The highest BCUT2D eigenvalue weighted by atomic mass is 16.6. The van der Waals surface area contributed by atoms with E-state index in [1.54, 1.807) is 12.1 Å². The fraction of sp³-hybridized carbons (Fsp3) is 0.462. The lowest BCUT2D eigenvalue weighted by Crippen LogP contribution is -2.11. The second-order valence-electron chi connectivity index (χ2n) is 4.93. The van der Waals surface area contributed by atoms with Crippen molar-refractivity contribution in [3.63, 3.8) is 0 Å². The molecule has 0 N–H and O–H groups in total. The Kier molecular flexibility index (Phi) is 1.99. The fourth-order valence-electron chi connectivity index (χ4n) is 3.47. The molecule has 0 radical (unpaired) electrons. The second-order valence-corrected chi connectivity index (χ2v) is 4.93. The third-order valence-electron chi connectivity index (χ3n) is 4.32. The Balaban J connectivity index is 1.95. The maximum atomic E-state index is 10.6. The quantitative estimate of drug-likeness (QED) is 0.577. The van der Waals surface area contributed by atoms with Crippen molar-refractivity contribution in [2.75, 3.05) is 0 Å². The monoisotopic (exact) mass is 228 g/mol. The van der Waals surface area contributed by atoms with Crippen LogP contribution in [0.1, 0.15) is 24.8 Å². The standard InChI is InChI=1S/C13H12N2O2/c14-8-13(11-2-1-3-12(11)13)9-4-6-10(7-5-9)15(16)17/h4-7,11-12H,1-3H2/t11-,12+,13-. The van der Waals surface area contributed by atoms with Gasteiger partial charge in [-0.25, -0.2) is 0 Å². The number of nitrogens with zero attached hydrogens (tertiary/aromatic N) is 2. The lowest BCUT2D eigenvalue weighted by atomic mass is 9.89. The number of fused-ring (bicyclic) bond motifs is 1. The van der Waals surface area contributed by atoms with Crippen molar-refractivity contribution in [2.45, 2.75) is 24.7 Å². The van der Waals surface area contributed by atoms with Crippen LogP contribution in [0.25, 0.3) is 0 Å². The van der Waals surface area contributed by atoms with E-state index in [2.05, 4.69) is 6.07 Å². The summed E-state index contributed by atoms with van der Waals surface area (Å²) in [5.41, 5.74) is 0.709. The van der Waals surface area contributed by atoms with Gasteiger partial charge in [-0.05, 0) is 30.2 Å². The van der Waals surface area contributed by atoms with Gasteiger partial charge in [0.25, 0.3) is 5.69 Å². The number of rotatable bonds is 2. The number of hydrogen-bond acceptors (Lipinski definition) is 3. The molecule has 0 amide bonds. The number of non-ortho nitro benzene ring substituents is 1. The predicted molar refractivity (Wildman–Crippen MR) is 61.2 cm³/mol. The van der Waals surface area contributed by atoms with Crippen molar-refractivity contribution in [1.82, 2.24) is 0 Å². The first-order chi connectivity index (χ1) is 8.20. The van der Waals surface area contributed by atoms with Gasteiger partial charge in [0.15, 0.2) is 0 Å². The smallest absolute Gasteiger partial charge is 0.258 e. The highest BCUT2D eigenvalue weighted by Crippen LogP contribution is 2.67. The molecule has 2 aliphatic carbocycles. The molecule has 0 spiro atoms. The van der Waals surface area contributed by atoms with Crippen LogP contribution in [0.3, 0.4) is 0 Å². The lowest BCUT2D eigenvalue weighted by Gasteiger charge is -2.12. The van der Waals surface area contributed by atoms with Crippen molar-refractivity contribution < 1.29 is 4.92 Å². The van der Waals surface area contributed by atoms with E-state index in [0.717, 1.165) is 18.4 Å². The number of benzene rings is 1. The average molecular weight is 228 g/mol. The van der Waals surface area contributed by atoms with Crippen LogP contribution >= 0.6 is 0 Å². The molecule has 2 fully saturated rings. The maximum absolute atomic E-state index is 10.6. The van der Waals surface area contributed by atoms with E-state index in [1.807, 2.05) is 0 Å². The van der Waals surface area contributed by atoms with Crippen LogP contribution in [0.2, 0.25) is 0 Å². The van der Waals surface area contributed by atoms with E-state index < -0.39 is 4.92 Å². The van der Waals surface area contributed by atoms with Crippen LogP contribution in [0, 0.1) is 33.3 Å². The van der Waals surface area contributed by atoms with E-state index in [4.69, 9.17) is 0 Å². The number of nitro groups is 1. The first kappa shape index (κ1) is 10.3. The molecule has 86 valence electrons. The number of nitro benzene ring substituents is 1. The highest BCUT2D eigenvalue weighted by Gasteiger charge is 2.67. The highest BCUT2D eigenvalue weighted by molar-refractivity contribution is 5.48. The minimum atomic E-state index is -0.406. The van der Waals surface area contributed by atoms with Gasteiger partial charge in [-0.3, -0.25) is 10.1 Å². The van der Waals surface area contributed by atoms with Crippen LogP contribution in [0.4, 0.5) is 5.69 Å². The zero-order valence-corrected chi connectivity index (χ0v) is 9.30. The van der Waals surface area contributed by atoms with E-state index in [-0.39, 0.29) is 11.1 Å². The molecule has 1 aromatic carbocycles. The predicted octanol–water partition coefficient (Wildman–Crippen LogP) is 2.79. The molecule has 4 heteroatoms. The second kappa shape index (κ2) is 3.30. The van der Waals surface area contributed by atoms with Crippen molar-refractivity contribution >= 4 is 5.69 Å². The van der Waals surface area contributed by atoms with Gasteiger partial charge in [0.1, 0.15) is 0 Å². The summed E-state index contributed by atoms with van der Waals surface area (Å²) < 4.78 is 0. The third-order valence-corrected chi connectivity index (χ3v) is 4.32. The normalized spacial score (nSPS) is 33.8.